The number of piperidine rings is 1. The summed E-state index contributed by atoms with van der Waals surface area (Å²) in [5.74, 6) is 0.654. The number of nitrogens with one attached hydrogen (secondary N) is 1. The number of nitrogens with zero attached hydrogens (tertiary/aromatic N) is 1. The molecule has 0 bridgehead atoms. The van der Waals surface area contributed by atoms with E-state index in [1.54, 1.807) is 17.0 Å². The Bertz CT molecular complexity index is 686. The van der Waals surface area contributed by atoms with Crippen LogP contribution in [0.3, 0.4) is 0 Å². The van der Waals surface area contributed by atoms with Gasteiger partial charge in [0.15, 0.2) is 12.4 Å². The highest BCUT2D eigenvalue weighted by Crippen LogP contribution is 2.25. The topological polar surface area (TPSA) is 75.7 Å². The summed E-state index contributed by atoms with van der Waals surface area (Å²) in [6.45, 7) is 2.68. The van der Waals surface area contributed by atoms with Crippen LogP contribution in [0.25, 0.3) is 0 Å². The van der Waals surface area contributed by atoms with Crippen LogP contribution in [0.1, 0.15) is 48.5 Å². The fourth-order valence-electron chi connectivity index (χ4n) is 3.56. The Hall–Kier alpha value is -2.37. The number of Topliss-reactive ketones (excluding diaryl/α,β-unsaturated/α-hetero) is 1. The van der Waals surface area contributed by atoms with Crippen molar-refractivity contribution in [3.05, 3.63) is 29.3 Å². The highest BCUT2D eigenvalue weighted by atomic mass is 16.5. The minimum absolute atomic E-state index is 0.0185. The molecule has 3 rings (SSSR count). The molecule has 0 aromatic heterocycles. The molecule has 1 unspecified atom stereocenters. The smallest absolute Gasteiger partial charge is 0.260 e. The van der Waals surface area contributed by atoms with E-state index in [4.69, 9.17) is 4.74 Å². The molecule has 2 aliphatic rings. The lowest BCUT2D eigenvalue weighted by Crippen LogP contribution is -2.50. The standard InChI is InChI=1S/C19H24N2O4/c1-13(22)20-15-5-3-9-21(11-15)19(24)12-25-16-7-8-17-14(10-16)4-2-6-18(17)23/h7-8,10,15H,2-6,9,11-12H2,1H3,(H,20,22). The van der Waals surface area contributed by atoms with Crippen LogP contribution in [0.2, 0.25) is 0 Å². The summed E-state index contributed by atoms with van der Waals surface area (Å²) in [4.78, 5) is 37.1. The number of carbonyl (C=O) groups excluding carboxylic acids is 3. The lowest BCUT2D eigenvalue weighted by Gasteiger charge is -2.33. The molecule has 25 heavy (non-hydrogen) atoms. The number of likely N-dealkylation sites (tertiary alicyclic amines) is 1. The Labute approximate surface area is 147 Å². The van der Waals surface area contributed by atoms with Crippen molar-refractivity contribution in [2.24, 2.45) is 0 Å². The molecule has 1 aromatic carbocycles. The first-order valence-corrected chi connectivity index (χ1v) is 8.87. The summed E-state index contributed by atoms with van der Waals surface area (Å²) in [7, 11) is 0. The van der Waals surface area contributed by atoms with Gasteiger partial charge < -0.3 is 15.0 Å². The van der Waals surface area contributed by atoms with E-state index in [0.29, 0.717) is 25.3 Å². The summed E-state index contributed by atoms with van der Waals surface area (Å²) in [6, 6.07) is 5.44. The van der Waals surface area contributed by atoms with E-state index < -0.39 is 0 Å². The van der Waals surface area contributed by atoms with Crippen molar-refractivity contribution in [2.45, 2.75) is 45.1 Å². The van der Waals surface area contributed by atoms with Crippen LogP contribution < -0.4 is 10.1 Å². The van der Waals surface area contributed by atoms with Crippen molar-refractivity contribution in [2.75, 3.05) is 19.7 Å². The van der Waals surface area contributed by atoms with Crippen LogP contribution in [-0.2, 0) is 16.0 Å². The number of carbonyl (C=O) groups is 3. The molecule has 1 heterocycles. The third-order valence-corrected chi connectivity index (χ3v) is 4.77. The summed E-state index contributed by atoms with van der Waals surface area (Å²) in [6.07, 6.45) is 4.11. The van der Waals surface area contributed by atoms with Gasteiger partial charge in [-0.3, -0.25) is 14.4 Å². The maximum absolute atomic E-state index is 12.4. The summed E-state index contributed by atoms with van der Waals surface area (Å²) < 4.78 is 5.65. The molecule has 134 valence electrons. The SMILES string of the molecule is CC(=O)NC1CCCN(C(=O)COc2ccc3c(c2)CCCC3=O)C1. The summed E-state index contributed by atoms with van der Waals surface area (Å²) in [5.41, 5.74) is 1.78. The predicted molar refractivity (Wildman–Crippen MR) is 92.6 cm³/mol. The molecule has 1 saturated heterocycles. The van der Waals surface area contributed by atoms with Crippen molar-refractivity contribution >= 4 is 17.6 Å². The molecular weight excluding hydrogens is 320 g/mol. The molecule has 1 atom stereocenters. The van der Waals surface area contributed by atoms with Gasteiger partial charge in [0.25, 0.3) is 5.91 Å². The normalized spacial score (nSPS) is 20.0. The number of ketones is 1. The minimum atomic E-state index is -0.0798. The van der Waals surface area contributed by atoms with Gasteiger partial charge >= 0.3 is 0 Å². The van der Waals surface area contributed by atoms with Crippen molar-refractivity contribution in [3.63, 3.8) is 0 Å². The molecule has 1 aliphatic heterocycles. The van der Waals surface area contributed by atoms with Crippen LogP contribution in [0.15, 0.2) is 18.2 Å². The van der Waals surface area contributed by atoms with Crippen molar-refractivity contribution in [3.8, 4) is 5.75 Å². The molecule has 1 aliphatic carbocycles. The Morgan fingerprint density at radius 2 is 2.12 bits per heavy atom. The van der Waals surface area contributed by atoms with Gasteiger partial charge in [0, 0.05) is 38.0 Å². The first kappa shape index (κ1) is 17.5. The number of hydrogen-bond acceptors (Lipinski definition) is 4. The van der Waals surface area contributed by atoms with Gasteiger partial charge in [0.2, 0.25) is 5.91 Å². The predicted octanol–water partition coefficient (Wildman–Crippen LogP) is 1.71. The summed E-state index contributed by atoms with van der Waals surface area (Å²) in [5, 5.41) is 2.87. The van der Waals surface area contributed by atoms with Crippen molar-refractivity contribution in [1.82, 2.24) is 10.2 Å². The van der Waals surface area contributed by atoms with E-state index in [2.05, 4.69) is 5.32 Å². The zero-order valence-electron chi connectivity index (χ0n) is 14.5. The highest BCUT2D eigenvalue weighted by molar-refractivity contribution is 5.98. The number of fused-ring (bicyclic) bond motifs is 1. The molecule has 6 heteroatoms. The van der Waals surface area contributed by atoms with Gasteiger partial charge in [0.1, 0.15) is 5.75 Å². The average Bonchev–Trinajstić information content (AvgIpc) is 2.59. The van der Waals surface area contributed by atoms with Crippen LogP contribution in [-0.4, -0.2) is 48.2 Å². The number of amides is 2. The van der Waals surface area contributed by atoms with E-state index in [1.807, 2.05) is 6.07 Å². The lowest BCUT2D eigenvalue weighted by molar-refractivity contribution is -0.135. The molecule has 0 radical (unpaired) electrons. The second-order valence-corrected chi connectivity index (χ2v) is 6.76. The van der Waals surface area contributed by atoms with E-state index in [9.17, 15) is 14.4 Å². The third kappa shape index (κ3) is 4.38. The van der Waals surface area contributed by atoms with Gasteiger partial charge in [-0.05, 0) is 49.4 Å². The lowest BCUT2D eigenvalue weighted by atomic mass is 9.91. The molecule has 1 fully saturated rings. The van der Waals surface area contributed by atoms with E-state index in [-0.39, 0.29) is 30.2 Å². The molecular formula is C19H24N2O4. The second-order valence-electron chi connectivity index (χ2n) is 6.76. The van der Waals surface area contributed by atoms with Gasteiger partial charge in [-0.1, -0.05) is 0 Å². The van der Waals surface area contributed by atoms with Crippen LogP contribution in [0.5, 0.6) is 5.75 Å². The van der Waals surface area contributed by atoms with Gasteiger partial charge in [0.05, 0.1) is 0 Å². The zero-order chi connectivity index (χ0) is 17.8. The van der Waals surface area contributed by atoms with Crippen molar-refractivity contribution in [1.29, 1.82) is 0 Å². The molecule has 1 N–H and O–H groups in total. The minimum Gasteiger partial charge on any atom is -0.484 e. The molecule has 2 amide bonds. The number of ether oxygens (including phenoxy) is 1. The second kappa shape index (κ2) is 7.68. The highest BCUT2D eigenvalue weighted by Gasteiger charge is 2.24. The Balaban J connectivity index is 1.55. The molecule has 1 aromatic rings. The molecule has 0 spiro atoms. The van der Waals surface area contributed by atoms with Crippen molar-refractivity contribution < 1.29 is 19.1 Å². The van der Waals surface area contributed by atoms with Crippen LogP contribution in [0.4, 0.5) is 0 Å². The fraction of sp³-hybridized carbons (Fsp3) is 0.526. The van der Waals surface area contributed by atoms with Crippen LogP contribution >= 0.6 is 0 Å². The maximum Gasteiger partial charge on any atom is 0.260 e. The Morgan fingerprint density at radius 1 is 1.28 bits per heavy atom. The van der Waals surface area contributed by atoms with Gasteiger partial charge in [-0.2, -0.15) is 0 Å². The number of hydrogen-bond donors (Lipinski definition) is 1. The van der Waals surface area contributed by atoms with Gasteiger partial charge in [-0.25, -0.2) is 0 Å². The quantitative estimate of drug-likeness (QED) is 0.902. The van der Waals surface area contributed by atoms with E-state index in [1.165, 1.54) is 6.92 Å². The largest absolute Gasteiger partial charge is 0.484 e. The first-order valence-electron chi connectivity index (χ1n) is 8.87. The van der Waals surface area contributed by atoms with E-state index >= 15 is 0 Å². The fourth-order valence-corrected chi connectivity index (χ4v) is 3.56. The van der Waals surface area contributed by atoms with E-state index in [0.717, 1.165) is 36.8 Å². The van der Waals surface area contributed by atoms with Gasteiger partial charge in [-0.15, -0.1) is 0 Å². The monoisotopic (exact) mass is 344 g/mol. The average molecular weight is 344 g/mol. The molecule has 6 nitrogen and oxygen atoms in total. The Morgan fingerprint density at radius 3 is 2.92 bits per heavy atom. The number of benzene rings is 1. The number of aryl methyl sites for hydroxylation is 1. The van der Waals surface area contributed by atoms with Crippen LogP contribution in [0, 0.1) is 0 Å². The Kier molecular flexibility index (Phi) is 5.36. The first-order chi connectivity index (χ1) is 12.0. The maximum atomic E-state index is 12.4. The number of rotatable bonds is 4. The zero-order valence-corrected chi connectivity index (χ0v) is 14.5. The molecule has 0 saturated carbocycles. The summed E-state index contributed by atoms with van der Waals surface area (Å²) >= 11 is 0. The third-order valence-electron chi connectivity index (χ3n) is 4.77.